The molecule has 0 radical (unpaired) electrons. The number of fused-ring (bicyclic) bond motifs is 1. The summed E-state index contributed by atoms with van der Waals surface area (Å²) < 4.78 is 43.0. The Balaban J connectivity index is 1.23. The maximum absolute atomic E-state index is 12.5. The van der Waals surface area contributed by atoms with E-state index in [4.69, 9.17) is 9.72 Å². The fourth-order valence-electron chi connectivity index (χ4n) is 5.19. The minimum atomic E-state index is -4.74. The Hall–Kier alpha value is -3.41. The predicted octanol–water partition coefficient (Wildman–Crippen LogP) is 5.12. The second-order valence-electron chi connectivity index (χ2n) is 10.0. The van der Waals surface area contributed by atoms with Gasteiger partial charge in [0.15, 0.2) is 11.5 Å². The summed E-state index contributed by atoms with van der Waals surface area (Å²) in [4.78, 5) is 30.2. The zero-order chi connectivity index (χ0) is 26.7. The molecule has 1 saturated heterocycles. The van der Waals surface area contributed by atoms with Crippen LogP contribution in [0.4, 0.5) is 36.3 Å². The minimum absolute atomic E-state index is 0.119. The number of hydrogen-bond acceptors (Lipinski definition) is 8. The summed E-state index contributed by atoms with van der Waals surface area (Å²) in [7, 11) is 0. The highest BCUT2D eigenvalue weighted by Crippen LogP contribution is 2.32. The molecule has 3 N–H and O–H groups in total. The molecule has 2 aromatic heterocycles. The van der Waals surface area contributed by atoms with Crippen molar-refractivity contribution < 1.29 is 22.7 Å². The number of carbonyl (C=O) groups excluding carboxylic acids is 1. The molecule has 1 saturated carbocycles. The quantitative estimate of drug-likeness (QED) is 0.368. The number of carbonyl (C=O) groups is 1. The van der Waals surface area contributed by atoms with Gasteiger partial charge in [-0.1, -0.05) is 0 Å². The van der Waals surface area contributed by atoms with Crippen molar-refractivity contribution in [3.05, 3.63) is 30.1 Å². The third kappa shape index (κ3) is 6.17. The molecule has 5 rings (SSSR count). The number of anilines is 4. The van der Waals surface area contributed by atoms with Crippen molar-refractivity contribution in [2.24, 2.45) is 5.92 Å². The monoisotopic (exact) mass is 531 g/mol. The third-order valence-corrected chi connectivity index (χ3v) is 7.40. The fraction of sp³-hybridized carbons (Fsp3) is 0.538. The number of H-pyrrole nitrogens is 1. The molecule has 0 bridgehead atoms. The molecule has 9 nitrogen and oxygen atoms in total. The molecule has 3 heterocycles. The van der Waals surface area contributed by atoms with Crippen molar-refractivity contribution in [2.45, 2.75) is 57.7 Å². The Morgan fingerprint density at radius 1 is 1.16 bits per heavy atom. The minimum Gasteiger partial charge on any atom is -0.378 e. The topological polar surface area (TPSA) is 108 Å². The number of ether oxygens (including phenoxy) is 1. The van der Waals surface area contributed by atoms with Gasteiger partial charge in [0.05, 0.1) is 19.5 Å². The van der Waals surface area contributed by atoms with E-state index in [0.29, 0.717) is 22.9 Å². The fourth-order valence-corrected chi connectivity index (χ4v) is 5.19. The lowest BCUT2D eigenvalue weighted by atomic mass is 9.83. The van der Waals surface area contributed by atoms with Gasteiger partial charge >= 0.3 is 6.18 Å². The summed E-state index contributed by atoms with van der Waals surface area (Å²) in [6.07, 6.45) is -0.220. The van der Waals surface area contributed by atoms with Crippen LogP contribution in [0.15, 0.2) is 24.5 Å². The number of Topliss-reactive ketones (excluding diaryl/α,β-unsaturated/α-hetero) is 1. The van der Waals surface area contributed by atoms with Gasteiger partial charge in [-0.3, -0.25) is 4.79 Å². The number of benzene rings is 1. The summed E-state index contributed by atoms with van der Waals surface area (Å²) in [6, 6.07) is 6.36. The molecule has 0 unspecified atom stereocenters. The van der Waals surface area contributed by atoms with E-state index in [1.165, 1.54) is 0 Å². The molecule has 2 aliphatic rings. The van der Waals surface area contributed by atoms with E-state index in [-0.39, 0.29) is 18.4 Å². The first kappa shape index (κ1) is 26.2. The van der Waals surface area contributed by atoms with Crippen LogP contribution in [0.5, 0.6) is 0 Å². The molecule has 1 aliphatic heterocycles. The SMILES string of the molecule is Cc1cc(N2CCOCC2)ccc1Nc1nc(NC2CCC(CCC(=O)C(F)(F)F)CC2)c2[nH]cnc2n1. The first-order valence-corrected chi connectivity index (χ1v) is 13.0. The standard InChI is InChI=1S/C26H32F3N7O2/c1-16-14-19(36-10-12-38-13-11-36)7-8-20(16)33-25-34-23-22(30-15-31-23)24(35-25)32-18-5-2-17(3-6-18)4-9-21(37)26(27,28)29/h7-8,14-15,17-18H,2-6,9-13H2,1H3,(H3,30,31,32,33,34,35). The molecule has 38 heavy (non-hydrogen) atoms. The first-order chi connectivity index (χ1) is 18.3. The summed E-state index contributed by atoms with van der Waals surface area (Å²) >= 11 is 0. The number of alkyl halides is 3. The number of halogens is 3. The van der Waals surface area contributed by atoms with E-state index in [0.717, 1.165) is 68.9 Å². The molecule has 3 aromatic rings. The van der Waals surface area contributed by atoms with Gasteiger partial charge in [0.1, 0.15) is 5.52 Å². The molecule has 12 heteroatoms. The average molecular weight is 532 g/mol. The molecule has 1 aliphatic carbocycles. The predicted molar refractivity (Wildman–Crippen MR) is 139 cm³/mol. The van der Waals surface area contributed by atoms with Gasteiger partial charge in [0, 0.05) is 36.9 Å². The van der Waals surface area contributed by atoms with Crippen molar-refractivity contribution >= 4 is 40.1 Å². The highest BCUT2D eigenvalue weighted by Gasteiger charge is 2.38. The number of aromatic nitrogens is 4. The third-order valence-electron chi connectivity index (χ3n) is 7.40. The Morgan fingerprint density at radius 3 is 2.63 bits per heavy atom. The van der Waals surface area contributed by atoms with Crippen LogP contribution < -0.4 is 15.5 Å². The molecular weight excluding hydrogens is 499 g/mol. The normalized spacial score (nSPS) is 20.5. The van der Waals surface area contributed by atoms with E-state index in [9.17, 15) is 18.0 Å². The number of rotatable bonds is 8. The zero-order valence-electron chi connectivity index (χ0n) is 21.3. The van der Waals surface area contributed by atoms with Crippen molar-refractivity contribution in [3.8, 4) is 0 Å². The van der Waals surface area contributed by atoms with Crippen molar-refractivity contribution in [3.63, 3.8) is 0 Å². The van der Waals surface area contributed by atoms with Gasteiger partial charge in [-0.25, -0.2) is 4.98 Å². The van der Waals surface area contributed by atoms with E-state index < -0.39 is 18.4 Å². The van der Waals surface area contributed by atoms with Gasteiger partial charge in [-0.05, 0) is 68.7 Å². The number of aromatic amines is 1. The molecule has 1 aromatic carbocycles. The highest BCUT2D eigenvalue weighted by atomic mass is 19.4. The van der Waals surface area contributed by atoms with Gasteiger partial charge in [0.2, 0.25) is 11.7 Å². The molecular formula is C26H32F3N7O2. The molecule has 0 spiro atoms. The summed E-state index contributed by atoms with van der Waals surface area (Å²) in [5, 5.41) is 6.81. The van der Waals surface area contributed by atoms with Crippen LogP contribution in [0.25, 0.3) is 11.2 Å². The Bertz CT molecular complexity index is 1270. The Kier molecular flexibility index (Phi) is 7.68. The molecule has 0 amide bonds. The van der Waals surface area contributed by atoms with Crippen LogP contribution in [-0.2, 0) is 9.53 Å². The number of morpholine rings is 1. The average Bonchev–Trinajstić information content (AvgIpc) is 3.38. The van der Waals surface area contributed by atoms with Crippen molar-refractivity contribution in [2.75, 3.05) is 41.8 Å². The van der Waals surface area contributed by atoms with Crippen molar-refractivity contribution in [1.29, 1.82) is 0 Å². The largest absolute Gasteiger partial charge is 0.449 e. The Labute approximate surface area is 218 Å². The first-order valence-electron chi connectivity index (χ1n) is 13.0. The van der Waals surface area contributed by atoms with Gasteiger partial charge in [0.25, 0.3) is 0 Å². The lowest BCUT2D eigenvalue weighted by Gasteiger charge is -2.29. The van der Waals surface area contributed by atoms with Crippen LogP contribution in [0.1, 0.15) is 44.1 Å². The van der Waals surface area contributed by atoms with Crippen LogP contribution in [0, 0.1) is 12.8 Å². The zero-order valence-corrected chi connectivity index (χ0v) is 21.3. The summed E-state index contributed by atoms with van der Waals surface area (Å²) in [6.45, 7) is 5.23. The van der Waals surface area contributed by atoms with E-state index in [1.807, 2.05) is 13.0 Å². The molecule has 2 fully saturated rings. The van der Waals surface area contributed by atoms with Crippen molar-refractivity contribution in [1.82, 2.24) is 19.9 Å². The van der Waals surface area contributed by atoms with E-state index in [1.54, 1.807) is 6.33 Å². The number of nitrogens with zero attached hydrogens (tertiary/aromatic N) is 4. The number of nitrogens with one attached hydrogen (secondary N) is 3. The number of hydrogen-bond donors (Lipinski definition) is 3. The maximum Gasteiger partial charge on any atom is 0.449 e. The lowest BCUT2D eigenvalue weighted by Crippen LogP contribution is -2.36. The van der Waals surface area contributed by atoms with Crippen LogP contribution >= 0.6 is 0 Å². The Morgan fingerprint density at radius 2 is 1.92 bits per heavy atom. The number of aryl methyl sites for hydroxylation is 1. The van der Waals surface area contributed by atoms with Gasteiger partial charge < -0.3 is 25.3 Å². The number of ketones is 1. The summed E-state index contributed by atoms with van der Waals surface area (Å²) in [5.41, 5.74) is 4.36. The van der Waals surface area contributed by atoms with Crippen LogP contribution in [0.2, 0.25) is 0 Å². The molecule has 0 atom stereocenters. The summed E-state index contributed by atoms with van der Waals surface area (Å²) in [5.74, 6) is -0.453. The number of imidazole rings is 1. The highest BCUT2D eigenvalue weighted by molar-refractivity contribution is 5.85. The molecule has 204 valence electrons. The lowest BCUT2D eigenvalue weighted by molar-refractivity contribution is -0.171. The smallest absolute Gasteiger partial charge is 0.378 e. The van der Waals surface area contributed by atoms with Crippen LogP contribution in [-0.4, -0.2) is 64.2 Å². The maximum atomic E-state index is 12.5. The second kappa shape index (κ2) is 11.1. The van der Waals surface area contributed by atoms with E-state index >= 15 is 0 Å². The van der Waals surface area contributed by atoms with Crippen LogP contribution in [0.3, 0.4) is 0 Å². The van der Waals surface area contributed by atoms with Gasteiger partial charge in [-0.15, -0.1) is 0 Å². The second-order valence-corrected chi connectivity index (χ2v) is 10.0. The van der Waals surface area contributed by atoms with E-state index in [2.05, 4.69) is 42.6 Å². The van der Waals surface area contributed by atoms with Gasteiger partial charge in [-0.2, -0.15) is 23.1 Å².